The van der Waals surface area contributed by atoms with Crippen molar-refractivity contribution in [1.29, 1.82) is 5.26 Å². The number of rotatable bonds is 7. The molecule has 6 heteroatoms. The molecule has 0 N–H and O–H groups in total. The van der Waals surface area contributed by atoms with Crippen molar-refractivity contribution in [2.24, 2.45) is 0 Å². The van der Waals surface area contributed by atoms with Gasteiger partial charge in [-0.2, -0.15) is 10.4 Å². The fourth-order valence-electron chi connectivity index (χ4n) is 3.30. The van der Waals surface area contributed by atoms with Crippen molar-refractivity contribution < 1.29 is 14.3 Å². The van der Waals surface area contributed by atoms with Gasteiger partial charge in [-0.25, -0.2) is 9.48 Å². The lowest BCUT2D eigenvalue weighted by molar-refractivity contribution is -0.145. The molecule has 3 aromatic rings. The molecule has 31 heavy (non-hydrogen) atoms. The first-order valence-electron chi connectivity index (χ1n) is 9.97. The van der Waals surface area contributed by atoms with Crippen LogP contribution in [0.1, 0.15) is 23.6 Å². The molecular formula is C25H25N3O3. The minimum Gasteiger partial charge on any atom is -0.456 e. The normalized spacial score (nSPS) is 12.3. The molecule has 0 aliphatic heterocycles. The summed E-state index contributed by atoms with van der Waals surface area (Å²) in [6.07, 6.45) is 2.89. The molecule has 0 bridgehead atoms. The van der Waals surface area contributed by atoms with Gasteiger partial charge in [-0.15, -0.1) is 0 Å². The molecule has 1 heterocycles. The number of carbonyl (C=O) groups excluding carboxylic acids is 1. The van der Waals surface area contributed by atoms with Crippen LogP contribution in [0, 0.1) is 25.2 Å². The van der Waals surface area contributed by atoms with Crippen molar-refractivity contribution in [3.05, 3.63) is 77.0 Å². The van der Waals surface area contributed by atoms with E-state index in [2.05, 4.69) is 6.07 Å². The van der Waals surface area contributed by atoms with E-state index in [1.54, 1.807) is 11.6 Å². The fourth-order valence-corrected chi connectivity index (χ4v) is 3.30. The third kappa shape index (κ3) is 5.27. The second-order valence-electron chi connectivity index (χ2n) is 7.37. The number of ether oxygens (including phenoxy) is 2. The predicted octanol–water partition coefficient (Wildman–Crippen LogP) is 4.64. The molecule has 0 radical (unpaired) electrons. The second-order valence-corrected chi connectivity index (χ2v) is 7.37. The van der Waals surface area contributed by atoms with Crippen LogP contribution in [0.2, 0.25) is 0 Å². The second kappa shape index (κ2) is 9.88. The average molecular weight is 415 g/mol. The first-order chi connectivity index (χ1) is 14.9. The zero-order valence-corrected chi connectivity index (χ0v) is 18.1. The first kappa shape index (κ1) is 22.0. The van der Waals surface area contributed by atoms with Crippen LogP contribution in [0.25, 0.3) is 23.0 Å². The Morgan fingerprint density at radius 3 is 2.61 bits per heavy atom. The van der Waals surface area contributed by atoms with Crippen molar-refractivity contribution in [1.82, 2.24) is 9.78 Å². The Morgan fingerprint density at radius 1 is 1.23 bits per heavy atom. The third-order valence-corrected chi connectivity index (χ3v) is 4.75. The Bertz CT molecular complexity index is 1140. The summed E-state index contributed by atoms with van der Waals surface area (Å²) in [4.78, 5) is 12.5. The summed E-state index contributed by atoms with van der Waals surface area (Å²) in [5.74, 6) is -0.689. The van der Waals surface area contributed by atoms with Crippen LogP contribution in [0.15, 0.2) is 60.3 Å². The van der Waals surface area contributed by atoms with Gasteiger partial charge in [0.05, 0.1) is 12.3 Å². The first-order valence-corrected chi connectivity index (χ1v) is 9.97. The number of carbonyl (C=O) groups is 1. The van der Waals surface area contributed by atoms with Crippen molar-refractivity contribution in [2.45, 2.75) is 26.9 Å². The molecule has 0 saturated heterocycles. The summed E-state index contributed by atoms with van der Waals surface area (Å²) in [5, 5.41) is 14.4. The molecule has 3 rings (SSSR count). The zero-order chi connectivity index (χ0) is 22.4. The topological polar surface area (TPSA) is 77.1 Å². The minimum atomic E-state index is -0.689. The van der Waals surface area contributed by atoms with Gasteiger partial charge in [-0.1, -0.05) is 42.0 Å². The molecule has 1 aromatic heterocycles. The van der Waals surface area contributed by atoms with Gasteiger partial charge >= 0.3 is 5.97 Å². The van der Waals surface area contributed by atoms with E-state index in [9.17, 15) is 10.1 Å². The van der Waals surface area contributed by atoms with Gasteiger partial charge in [0, 0.05) is 24.4 Å². The molecule has 0 amide bonds. The number of nitrogens with zero attached hydrogens (tertiary/aromatic N) is 3. The Balaban J connectivity index is 2.09. The summed E-state index contributed by atoms with van der Waals surface area (Å²) in [6.45, 7) is 6.02. The van der Waals surface area contributed by atoms with Crippen molar-refractivity contribution in [3.8, 4) is 23.0 Å². The van der Waals surface area contributed by atoms with Gasteiger partial charge in [0.25, 0.3) is 0 Å². The van der Waals surface area contributed by atoms with E-state index in [0.717, 1.165) is 22.4 Å². The van der Waals surface area contributed by atoms with Gasteiger partial charge in [-0.05, 0) is 44.5 Å². The minimum absolute atomic E-state index is 0.0958. The van der Waals surface area contributed by atoms with Crippen LogP contribution in [-0.2, 0) is 14.3 Å². The standard InChI is InChI=1S/C25H25N3O3/c1-17-10-11-23(18(2)12-17)24-21(15-28(27-24)22-8-6-5-7-9-22)13-20(14-26)25(29)31-19(3)16-30-4/h5-13,15,19H,16H2,1-4H3/b20-13+/t19-/m1/s1. The van der Waals surface area contributed by atoms with Crippen LogP contribution in [0.5, 0.6) is 0 Å². The number of methoxy groups -OCH3 is 1. The predicted molar refractivity (Wildman–Crippen MR) is 119 cm³/mol. The maximum atomic E-state index is 12.5. The summed E-state index contributed by atoms with van der Waals surface area (Å²) >= 11 is 0. The van der Waals surface area contributed by atoms with Crippen LogP contribution in [0.3, 0.4) is 0 Å². The molecule has 6 nitrogen and oxygen atoms in total. The number of esters is 1. The van der Waals surface area contributed by atoms with Crippen molar-refractivity contribution in [2.75, 3.05) is 13.7 Å². The highest BCUT2D eigenvalue weighted by Crippen LogP contribution is 2.29. The highest BCUT2D eigenvalue weighted by molar-refractivity contribution is 5.99. The van der Waals surface area contributed by atoms with E-state index in [4.69, 9.17) is 14.6 Å². The van der Waals surface area contributed by atoms with Gasteiger partial charge in [0.15, 0.2) is 0 Å². The Hall–Kier alpha value is -3.69. The van der Waals surface area contributed by atoms with Gasteiger partial charge in [0.1, 0.15) is 23.4 Å². The average Bonchev–Trinajstić information content (AvgIpc) is 3.16. The number of aromatic nitrogens is 2. The number of benzene rings is 2. The van der Waals surface area contributed by atoms with Gasteiger partial charge in [0.2, 0.25) is 0 Å². The van der Waals surface area contributed by atoms with E-state index in [-0.39, 0.29) is 12.2 Å². The summed E-state index contributed by atoms with van der Waals surface area (Å²) in [5.41, 5.74) is 5.27. The summed E-state index contributed by atoms with van der Waals surface area (Å²) in [7, 11) is 1.53. The largest absolute Gasteiger partial charge is 0.456 e. The Morgan fingerprint density at radius 2 is 1.97 bits per heavy atom. The van der Waals surface area contributed by atoms with E-state index >= 15 is 0 Å². The molecule has 1 atom stereocenters. The number of hydrogen-bond acceptors (Lipinski definition) is 5. The smallest absolute Gasteiger partial charge is 0.349 e. The molecule has 0 aliphatic rings. The van der Waals surface area contributed by atoms with E-state index in [1.165, 1.54) is 13.2 Å². The summed E-state index contributed by atoms with van der Waals surface area (Å²) < 4.78 is 12.1. The molecule has 0 fully saturated rings. The van der Waals surface area contributed by atoms with Crippen molar-refractivity contribution >= 4 is 12.0 Å². The quantitative estimate of drug-likeness (QED) is 0.319. The number of para-hydroxylation sites is 1. The maximum absolute atomic E-state index is 12.5. The fraction of sp³-hybridized carbons (Fsp3) is 0.240. The molecule has 0 saturated carbocycles. The summed E-state index contributed by atoms with van der Waals surface area (Å²) in [6, 6.07) is 17.7. The number of nitriles is 1. The Kier molecular flexibility index (Phi) is 7.01. The lowest BCUT2D eigenvalue weighted by atomic mass is 10.00. The van der Waals surface area contributed by atoms with E-state index in [1.807, 2.05) is 68.6 Å². The number of hydrogen-bond donors (Lipinski definition) is 0. The molecule has 0 unspecified atom stereocenters. The van der Waals surface area contributed by atoms with Crippen LogP contribution in [-0.4, -0.2) is 35.6 Å². The third-order valence-electron chi connectivity index (χ3n) is 4.75. The lowest BCUT2D eigenvalue weighted by Crippen LogP contribution is -2.20. The molecular weight excluding hydrogens is 390 g/mol. The van der Waals surface area contributed by atoms with E-state index in [0.29, 0.717) is 11.3 Å². The van der Waals surface area contributed by atoms with Gasteiger partial charge < -0.3 is 9.47 Å². The lowest BCUT2D eigenvalue weighted by Gasteiger charge is -2.11. The molecule has 2 aromatic carbocycles. The van der Waals surface area contributed by atoms with Crippen LogP contribution in [0.4, 0.5) is 0 Å². The molecule has 158 valence electrons. The van der Waals surface area contributed by atoms with Crippen LogP contribution < -0.4 is 0 Å². The van der Waals surface area contributed by atoms with E-state index < -0.39 is 12.1 Å². The van der Waals surface area contributed by atoms with Gasteiger partial charge in [-0.3, -0.25) is 0 Å². The Labute approximate surface area is 182 Å². The SMILES string of the molecule is COC[C@@H](C)OC(=O)/C(C#N)=C/c1cn(-c2ccccc2)nc1-c1ccc(C)cc1C. The zero-order valence-electron chi connectivity index (χ0n) is 18.1. The maximum Gasteiger partial charge on any atom is 0.349 e. The highest BCUT2D eigenvalue weighted by atomic mass is 16.6. The van der Waals surface area contributed by atoms with Crippen LogP contribution >= 0.6 is 0 Å². The monoisotopic (exact) mass is 415 g/mol. The molecule has 0 spiro atoms. The highest BCUT2D eigenvalue weighted by Gasteiger charge is 2.18. The van der Waals surface area contributed by atoms with Crippen molar-refractivity contribution in [3.63, 3.8) is 0 Å². The number of aryl methyl sites for hydroxylation is 2. The molecule has 0 aliphatic carbocycles.